The van der Waals surface area contributed by atoms with E-state index in [1.54, 1.807) is 18.9 Å². The molecule has 0 atom stereocenters. The molecule has 2 nitrogen and oxygen atoms in total. The second kappa shape index (κ2) is 9.75. The SMILES string of the molecule is C=C(C)C(=O)N(C)c1ccc(-c2ccc3cc(CCCCC)ccc3c2)c(CC)c1. The standard InChI is InChI=1S/C28H33NO/c1-6-8-9-10-21-11-12-24-18-25(14-13-23(24)17-21)27-16-15-26(19-22(27)7-2)29(5)28(30)20(3)4/h11-19H,3,6-10H2,1-2,4-5H3. The van der Waals surface area contributed by atoms with Crippen molar-refractivity contribution in [2.75, 3.05) is 11.9 Å². The Kier molecular flexibility index (Phi) is 7.10. The molecule has 0 aromatic heterocycles. The summed E-state index contributed by atoms with van der Waals surface area (Å²) in [4.78, 5) is 14.0. The minimum absolute atomic E-state index is 0.0507. The van der Waals surface area contributed by atoms with Crippen molar-refractivity contribution in [2.24, 2.45) is 0 Å². The van der Waals surface area contributed by atoms with E-state index < -0.39 is 0 Å². The van der Waals surface area contributed by atoms with E-state index in [9.17, 15) is 4.79 Å². The lowest BCUT2D eigenvalue weighted by molar-refractivity contribution is -0.114. The fourth-order valence-corrected chi connectivity index (χ4v) is 3.96. The van der Waals surface area contributed by atoms with E-state index in [4.69, 9.17) is 0 Å². The first kappa shape index (κ1) is 21.8. The molecule has 0 aliphatic carbocycles. The topological polar surface area (TPSA) is 20.3 Å². The summed E-state index contributed by atoms with van der Waals surface area (Å²) in [5.41, 5.74) is 6.56. The number of nitrogens with zero attached hydrogens (tertiary/aromatic N) is 1. The highest BCUT2D eigenvalue weighted by atomic mass is 16.2. The highest BCUT2D eigenvalue weighted by Gasteiger charge is 2.14. The molecule has 0 unspecified atom stereocenters. The maximum Gasteiger partial charge on any atom is 0.253 e. The van der Waals surface area contributed by atoms with Crippen LogP contribution < -0.4 is 4.90 Å². The van der Waals surface area contributed by atoms with Gasteiger partial charge in [0.25, 0.3) is 5.91 Å². The normalized spacial score (nSPS) is 10.9. The van der Waals surface area contributed by atoms with Gasteiger partial charge in [-0.25, -0.2) is 0 Å². The van der Waals surface area contributed by atoms with Gasteiger partial charge in [0, 0.05) is 18.3 Å². The molecular weight excluding hydrogens is 366 g/mol. The lowest BCUT2D eigenvalue weighted by atomic mass is 9.94. The van der Waals surface area contributed by atoms with Crippen molar-refractivity contribution in [3.8, 4) is 11.1 Å². The molecule has 0 spiro atoms. The van der Waals surface area contributed by atoms with Gasteiger partial charge in [-0.05, 0) is 77.4 Å². The maximum atomic E-state index is 12.3. The number of hydrogen-bond acceptors (Lipinski definition) is 1. The van der Waals surface area contributed by atoms with Gasteiger partial charge in [-0.15, -0.1) is 0 Å². The summed E-state index contributed by atoms with van der Waals surface area (Å²) in [6, 6.07) is 19.9. The zero-order valence-corrected chi connectivity index (χ0v) is 18.8. The second-order valence-corrected chi connectivity index (χ2v) is 8.19. The Morgan fingerprint density at radius 1 is 0.933 bits per heavy atom. The van der Waals surface area contributed by atoms with Crippen molar-refractivity contribution in [3.05, 3.63) is 77.9 Å². The minimum atomic E-state index is -0.0507. The summed E-state index contributed by atoms with van der Waals surface area (Å²) in [7, 11) is 1.81. The summed E-state index contributed by atoms with van der Waals surface area (Å²) >= 11 is 0. The van der Waals surface area contributed by atoms with Crippen LogP contribution in [0, 0.1) is 0 Å². The van der Waals surface area contributed by atoms with Gasteiger partial charge < -0.3 is 4.90 Å². The van der Waals surface area contributed by atoms with Gasteiger partial charge in [-0.1, -0.05) is 69.7 Å². The average molecular weight is 400 g/mol. The van der Waals surface area contributed by atoms with E-state index in [0.717, 1.165) is 18.5 Å². The number of unbranched alkanes of at least 4 members (excludes halogenated alkanes) is 2. The molecule has 156 valence electrons. The molecule has 0 aliphatic rings. The van der Waals surface area contributed by atoms with E-state index in [2.05, 4.69) is 69.0 Å². The number of fused-ring (bicyclic) bond motifs is 1. The maximum absolute atomic E-state index is 12.3. The smallest absolute Gasteiger partial charge is 0.253 e. The summed E-state index contributed by atoms with van der Waals surface area (Å²) in [6.07, 6.45) is 5.87. The van der Waals surface area contributed by atoms with Crippen molar-refractivity contribution in [1.29, 1.82) is 0 Å². The fourth-order valence-electron chi connectivity index (χ4n) is 3.96. The van der Waals surface area contributed by atoms with Gasteiger partial charge >= 0.3 is 0 Å². The van der Waals surface area contributed by atoms with Gasteiger partial charge in [0.1, 0.15) is 0 Å². The van der Waals surface area contributed by atoms with Gasteiger partial charge in [0.05, 0.1) is 0 Å². The third-order valence-electron chi connectivity index (χ3n) is 5.81. The van der Waals surface area contributed by atoms with Gasteiger partial charge in [-0.3, -0.25) is 4.79 Å². The van der Waals surface area contributed by atoms with Crippen LogP contribution in [0.4, 0.5) is 5.69 Å². The van der Waals surface area contributed by atoms with Crippen molar-refractivity contribution in [2.45, 2.75) is 52.9 Å². The zero-order valence-electron chi connectivity index (χ0n) is 18.8. The van der Waals surface area contributed by atoms with Crippen LogP contribution in [0.5, 0.6) is 0 Å². The lowest BCUT2D eigenvalue weighted by Crippen LogP contribution is -2.26. The fraction of sp³-hybridized carbons (Fsp3) is 0.321. The average Bonchev–Trinajstić information content (AvgIpc) is 2.77. The number of likely N-dealkylation sites (N-methyl/N-ethyl adjacent to an activating group) is 1. The predicted octanol–water partition coefficient (Wildman–Crippen LogP) is 7.34. The predicted molar refractivity (Wildman–Crippen MR) is 130 cm³/mol. The van der Waals surface area contributed by atoms with Crippen molar-refractivity contribution < 1.29 is 4.79 Å². The Hall–Kier alpha value is -2.87. The van der Waals surface area contributed by atoms with Crippen LogP contribution in [-0.2, 0) is 17.6 Å². The molecule has 3 rings (SSSR count). The Bertz CT molecular complexity index is 1060. The quantitative estimate of drug-likeness (QED) is 0.286. The number of anilines is 1. The first-order valence-electron chi connectivity index (χ1n) is 11.0. The second-order valence-electron chi connectivity index (χ2n) is 8.19. The van der Waals surface area contributed by atoms with Crippen LogP contribution >= 0.6 is 0 Å². The third kappa shape index (κ3) is 4.81. The summed E-state index contributed by atoms with van der Waals surface area (Å²) in [6.45, 7) is 9.93. The molecule has 0 radical (unpaired) electrons. The molecule has 2 heteroatoms. The number of benzene rings is 3. The summed E-state index contributed by atoms with van der Waals surface area (Å²) in [5, 5.41) is 2.57. The van der Waals surface area contributed by atoms with Gasteiger partial charge in [0.15, 0.2) is 0 Å². The van der Waals surface area contributed by atoms with Crippen molar-refractivity contribution in [1.82, 2.24) is 0 Å². The molecule has 30 heavy (non-hydrogen) atoms. The van der Waals surface area contributed by atoms with E-state index in [1.807, 2.05) is 6.07 Å². The molecule has 0 heterocycles. The van der Waals surface area contributed by atoms with Crippen LogP contribution in [0.2, 0.25) is 0 Å². The van der Waals surface area contributed by atoms with E-state index in [-0.39, 0.29) is 5.91 Å². The molecule has 0 saturated carbocycles. The van der Waals surface area contributed by atoms with Crippen LogP contribution in [0.3, 0.4) is 0 Å². The largest absolute Gasteiger partial charge is 0.312 e. The van der Waals surface area contributed by atoms with Crippen molar-refractivity contribution >= 4 is 22.4 Å². The monoisotopic (exact) mass is 399 g/mol. The minimum Gasteiger partial charge on any atom is -0.312 e. The Labute approximate surface area is 181 Å². The number of hydrogen-bond donors (Lipinski definition) is 0. The molecule has 0 fully saturated rings. The van der Waals surface area contributed by atoms with Crippen LogP contribution in [0.1, 0.15) is 51.2 Å². The van der Waals surface area contributed by atoms with Crippen LogP contribution in [0.15, 0.2) is 66.7 Å². The molecule has 0 N–H and O–H groups in total. The third-order valence-corrected chi connectivity index (χ3v) is 5.81. The Balaban J connectivity index is 1.91. The highest BCUT2D eigenvalue weighted by Crippen LogP contribution is 2.31. The first-order valence-corrected chi connectivity index (χ1v) is 11.0. The summed E-state index contributed by atoms with van der Waals surface area (Å²) < 4.78 is 0. The molecule has 3 aromatic carbocycles. The van der Waals surface area contributed by atoms with Gasteiger partial charge in [0.2, 0.25) is 0 Å². The van der Waals surface area contributed by atoms with Gasteiger partial charge in [-0.2, -0.15) is 0 Å². The highest BCUT2D eigenvalue weighted by molar-refractivity contribution is 6.04. The van der Waals surface area contributed by atoms with Crippen LogP contribution in [-0.4, -0.2) is 13.0 Å². The molecule has 0 bridgehead atoms. The Morgan fingerprint density at radius 2 is 1.67 bits per heavy atom. The van der Waals surface area contributed by atoms with E-state index in [1.165, 1.54) is 52.3 Å². The first-order chi connectivity index (χ1) is 14.4. The molecule has 0 aliphatic heterocycles. The number of rotatable bonds is 8. The molecule has 3 aromatic rings. The molecular formula is C28H33NO. The van der Waals surface area contributed by atoms with Crippen LogP contribution in [0.25, 0.3) is 21.9 Å². The number of aryl methyl sites for hydroxylation is 2. The number of carbonyl (C=O) groups excluding carboxylic acids is 1. The number of amides is 1. The lowest BCUT2D eigenvalue weighted by Gasteiger charge is -2.20. The number of carbonyl (C=O) groups is 1. The van der Waals surface area contributed by atoms with E-state index in [0.29, 0.717) is 5.57 Å². The summed E-state index contributed by atoms with van der Waals surface area (Å²) in [5.74, 6) is -0.0507. The Morgan fingerprint density at radius 3 is 2.37 bits per heavy atom. The van der Waals surface area contributed by atoms with E-state index >= 15 is 0 Å². The van der Waals surface area contributed by atoms with Crippen molar-refractivity contribution in [3.63, 3.8) is 0 Å². The molecule has 0 saturated heterocycles. The zero-order chi connectivity index (χ0) is 21.7. The molecule has 1 amide bonds.